The van der Waals surface area contributed by atoms with E-state index in [-0.39, 0.29) is 11.7 Å². The predicted molar refractivity (Wildman–Crippen MR) is 33.3 cm³/mol. The smallest absolute Gasteiger partial charge is 0.302 e. The Morgan fingerprint density at radius 3 is 2.78 bits per heavy atom. The topological polar surface area (TPSA) is 35.5 Å². The fraction of sp³-hybridized carbons (Fsp3) is 1.00. The van der Waals surface area contributed by atoms with Crippen molar-refractivity contribution in [3.8, 4) is 0 Å². The molecule has 6 heteroatoms. The van der Waals surface area contributed by atoms with E-state index in [1.165, 1.54) is 0 Å². The van der Waals surface area contributed by atoms with E-state index in [4.69, 9.17) is 0 Å². The standard InChI is InChI=1S/C3H5BrFO3P/c4-2-9(6)7-1-3(5)8-9/h3H,1-2H2. The van der Waals surface area contributed by atoms with E-state index in [0.717, 1.165) is 0 Å². The minimum Gasteiger partial charge on any atom is -0.302 e. The Labute approximate surface area is 60.2 Å². The maximum absolute atomic E-state index is 12.1. The third-order valence-corrected chi connectivity index (χ3v) is 4.05. The highest BCUT2D eigenvalue weighted by Crippen LogP contribution is 2.55. The Bertz CT molecular complexity index is 152. The molecule has 0 amide bonds. The quantitative estimate of drug-likeness (QED) is 0.498. The molecule has 0 saturated carbocycles. The van der Waals surface area contributed by atoms with Gasteiger partial charge in [-0.15, -0.1) is 0 Å². The molecule has 1 rings (SSSR count). The van der Waals surface area contributed by atoms with Crippen molar-refractivity contribution in [1.82, 2.24) is 0 Å². The van der Waals surface area contributed by atoms with Crippen molar-refractivity contribution >= 4 is 23.5 Å². The van der Waals surface area contributed by atoms with Gasteiger partial charge in [-0.05, 0) is 0 Å². The highest BCUT2D eigenvalue weighted by Gasteiger charge is 2.35. The van der Waals surface area contributed by atoms with Crippen molar-refractivity contribution in [3.05, 3.63) is 0 Å². The maximum Gasteiger partial charge on any atom is 0.343 e. The molecule has 0 N–H and O–H groups in total. The molecule has 1 fully saturated rings. The van der Waals surface area contributed by atoms with E-state index >= 15 is 0 Å². The molecule has 3 nitrogen and oxygen atoms in total. The van der Waals surface area contributed by atoms with Crippen LogP contribution < -0.4 is 0 Å². The monoisotopic (exact) mass is 218 g/mol. The second-order valence-electron chi connectivity index (χ2n) is 1.54. The zero-order valence-electron chi connectivity index (χ0n) is 4.42. The number of alkyl halides is 2. The van der Waals surface area contributed by atoms with Gasteiger partial charge in [-0.2, -0.15) is 0 Å². The van der Waals surface area contributed by atoms with Crippen molar-refractivity contribution in [2.45, 2.75) is 6.36 Å². The Morgan fingerprint density at radius 2 is 2.56 bits per heavy atom. The lowest BCUT2D eigenvalue weighted by Gasteiger charge is -2.02. The first-order chi connectivity index (χ1) is 4.16. The molecular weight excluding hydrogens is 214 g/mol. The van der Waals surface area contributed by atoms with E-state index in [9.17, 15) is 8.96 Å². The summed E-state index contributed by atoms with van der Waals surface area (Å²) < 4.78 is 31.8. The van der Waals surface area contributed by atoms with Gasteiger partial charge in [-0.3, -0.25) is 9.09 Å². The van der Waals surface area contributed by atoms with Crippen LogP contribution in [0.25, 0.3) is 0 Å². The minimum atomic E-state index is -3.07. The van der Waals surface area contributed by atoms with Crippen LogP contribution in [0.5, 0.6) is 0 Å². The second kappa shape index (κ2) is 2.66. The molecule has 0 aromatic heterocycles. The van der Waals surface area contributed by atoms with Gasteiger partial charge in [0.2, 0.25) is 6.36 Å². The molecule has 9 heavy (non-hydrogen) atoms. The number of halogens is 2. The van der Waals surface area contributed by atoms with Gasteiger partial charge in [0, 0.05) is 0 Å². The highest BCUT2D eigenvalue weighted by molar-refractivity contribution is 9.10. The number of hydrogen-bond donors (Lipinski definition) is 0. The summed E-state index contributed by atoms with van der Waals surface area (Å²) in [6.45, 7) is -0.219. The van der Waals surface area contributed by atoms with Gasteiger partial charge >= 0.3 is 7.60 Å². The summed E-state index contributed by atoms with van der Waals surface area (Å²) >= 11 is 2.88. The molecule has 0 bridgehead atoms. The fourth-order valence-corrected chi connectivity index (χ4v) is 2.20. The van der Waals surface area contributed by atoms with E-state index < -0.39 is 14.0 Å². The summed E-state index contributed by atoms with van der Waals surface area (Å²) in [5.74, 6) is 0. The molecule has 0 aliphatic carbocycles. The third-order valence-electron chi connectivity index (χ3n) is 0.824. The van der Waals surface area contributed by atoms with Gasteiger partial charge < -0.3 is 4.52 Å². The predicted octanol–water partition coefficient (Wildman–Crippen LogP) is 1.87. The summed E-state index contributed by atoms with van der Waals surface area (Å²) in [5.41, 5.74) is 0. The molecule has 1 saturated heterocycles. The summed E-state index contributed by atoms with van der Waals surface area (Å²) in [5, 5.41) is 0.0560. The van der Waals surface area contributed by atoms with Crippen LogP contribution in [-0.2, 0) is 13.6 Å². The van der Waals surface area contributed by atoms with E-state index in [0.29, 0.717) is 0 Å². The Kier molecular flexibility index (Phi) is 2.27. The molecule has 2 atom stereocenters. The molecule has 54 valence electrons. The van der Waals surface area contributed by atoms with Crippen LogP contribution in [0.3, 0.4) is 0 Å². The van der Waals surface area contributed by atoms with Gasteiger partial charge in [0.1, 0.15) is 11.7 Å². The second-order valence-corrected chi connectivity index (χ2v) is 4.98. The first-order valence-corrected chi connectivity index (χ1v) is 5.13. The van der Waals surface area contributed by atoms with E-state index in [2.05, 4.69) is 25.0 Å². The van der Waals surface area contributed by atoms with Gasteiger partial charge in [0.15, 0.2) is 0 Å². The first-order valence-electron chi connectivity index (χ1n) is 2.28. The zero-order chi connectivity index (χ0) is 6.91. The molecule has 0 spiro atoms. The Morgan fingerprint density at radius 1 is 1.89 bits per heavy atom. The summed E-state index contributed by atoms with van der Waals surface area (Å²) in [6, 6.07) is 0. The van der Waals surface area contributed by atoms with Crippen LogP contribution >= 0.6 is 23.5 Å². The van der Waals surface area contributed by atoms with Crippen LogP contribution in [0, 0.1) is 0 Å². The Hall–Kier alpha value is 0.560. The van der Waals surface area contributed by atoms with Crippen molar-refractivity contribution < 1.29 is 18.0 Å². The summed E-state index contributed by atoms with van der Waals surface area (Å²) in [4.78, 5) is 0. The lowest BCUT2D eigenvalue weighted by atomic mass is 10.8. The van der Waals surface area contributed by atoms with Crippen molar-refractivity contribution in [3.63, 3.8) is 0 Å². The largest absolute Gasteiger partial charge is 0.343 e. The highest BCUT2D eigenvalue weighted by atomic mass is 79.9. The summed E-state index contributed by atoms with van der Waals surface area (Å²) in [6.07, 6.45) is -1.52. The zero-order valence-corrected chi connectivity index (χ0v) is 6.90. The number of hydrogen-bond acceptors (Lipinski definition) is 3. The van der Waals surface area contributed by atoms with Crippen LogP contribution in [0.15, 0.2) is 0 Å². The first kappa shape index (κ1) is 7.66. The van der Waals surface area contributed by atoms with Gasteiger partial charge in [-0.1, -0.05) is 15.9 Å². The Balaban J connectivity index is 2.55. The minimum absolute atomic E-state index is 0.0560. The van der Waals surface area contributed by atoms with Crippen molar-refractivity contribution in [2.24, 2.45) is 0 Å². The maximum atomic E-state index is 12.1. The normalized spacial score (nSPS) is 43.6. The molecule has 1 aliphatic heterocycles. The molecule has 1 heterocycles. The number of rotatable bonds is 1. The van der Waals surface area contributed by atoms with Crippen LogP contribution in [0.2, 0.25) is 0 Å². The molecule has 0 aromatic rings. The van der Waals surface area contributed by atoms with Gasteiger partial charge in [0.05, 0.1) is 0 Å². The molecule has 0 aromatic carbocycles. The van der Waals surface area contributed by atoms with Gasteiger partial charge in [-0.25, -0.2) is 4.39 Å². The average molecular weight is 219 g/mol. The molecular formula is C3H5BrFO3P. The van der Waals surface area contributed by atoms with E-state index in [1.54, 1.807) is 0 Å². The van der Waals surface area contributed by atoms with Gasteiger partial charge in [0.25, 0.3) is 0 Å². The lowest BCUT2D eigenvalue weighted by molar-refractivity contribution is 0.0903. The molecule has 1 aliphatic rings. The van der Waals surface area contributed by atoms with Crippen LogP contribution in [0.1, 0.15) is 0 Å². The lowest BCUT2D eigenvalue weighted by Crippen LogP contribution is -1.97. The third kappa shape index (κ3) is 1.74. The van der Waals surface area contributed by atoms with Crippen LogP contribution in [0.4, 0.5) is 4.39 Å². The fourth-order valence-electron chi connectivity index (χ4n) is 0.470. The summed E-state index contributed by atoms with van der Waals surface area (Å²) in [7, 11) is -3.07. The van der Waals surface area contributed by atoms with Crippen LogP contribution in [-0.4, -0.2) is 18.0 Å². The van der Waals surface area contributed by atoms with Crippen molar-refractivity contribution in [2.75, 3.05) is 11.7 Å². The average Bonchev–Trinajstić information content (AvgIpc) is 2.13. The molecule has 0 radical (unpaired) electrons. The molecule has 2 unspecified atom stereocenters. The SMILES string of the molecule is O=P1(CBr)OCC(F)O1. The van der Waals surface area contributed by atoms with Crippen molar-refractivity contribution in [1.29, 1.82) is 0 Å². The van der Waals surface area contributed by atoms with E-state index in [1.807, 2.05) is 0 Å².